The third kappa shape index (κ3) is 3.63. The Hall–Kier alpha value is -0.840. The lowest BCUT2D eigenvalue weighted by atomic mass is 9.96. The highest BCUT2D eigenvalue weighted by atomic mass is 79.9. The predicted octanol–water partition coefficient (Wildman–Crippen LogP) is 3.06. The third-order valence-corrected chi connectivity index (χ3v) is 3.23. The van der Waals surface area contributed by atoms with Gasteiger partial charge in [0.25, 0.3) is 0 Å². The van der Waals surface area contributed by atoms with Crippen molar-refractivity contribution in [1.29, 1.82) is 0 Å². The van der Waals surface area contributed by atoms with Gasteiger partial charge in [-0.3, -0.25) is 0 Å². The molecule has 0 aliphatic heterocycles. The summed E-state index contributed by atoms with van der Waals surface area (Å²) < 4.78 is 0.708. The SMILES string of the molecule is CCC(CC)C(C)Nc1nc(N)cc(Br)n1. The van der Waals surface area contributed by atoms with Crippen LogP contribution in [0.2, 0.25) is 0 Å². The average molecular weight is 287 g/mol. The summed E-state index contributed by atoms with van der Waals surface area (Å²) in [4.78, 5) is 8.39. The minimum atomic E-state index is 0.351. The molecule has 1 aromatic rings. The molecule has 1 rings (SSSR count). The third-order valence-electron chi connectivity index (χ3n) is 2.83. The summed E-state index contributed by atoms with van der Waals surface area (Å²) in [6.07, 6.45) is 2.29. The van der Waals surface area contributed by atoms with Crippen molar-refractivity contribution in [1.82, 2.24) is 9.97 Å². The van der Waals surface area contributed by atoms with E-state index in [1.54, 1.807) is 6.07 Å². The smallest absolute Gasteiger partial charge is 0.225 e. The maximum absolute atomic E-state index is 5.66. The van der Waals surface area contributed by atoms with E-state index in [-0.39, 0.29) is 0 Å². The number of anilines is 2. The number of hydrogen-bond donors (Lipinski definition) is 2. The first-order valence-electron chi connectivity index (χ1n) is 5.63. The van der Waals surface area contributed by atoms with E-state index >= 15 is 0 Å². The lowest BCUT2D eigenvalue weighted by Gasteiger charge is -2.22. The van der Waals surface area contributed by atoms with Crippen molar-refractivity contribution in [3.8, 4) is 0 Å². The lowest BCUT2D eigenvalue weighted by molar-refractivity contribution is 0.436. The van der Waals surface area contributed by atoms with Crippen LogP contribution in [0.15, 0.2) is 10.7 Å². The van der Waals surface area contributed by atoms with E-state index in [1.165, 1.54) is 0 Å². The van der Waals surface area contributed by atoms with Crippen molar-refractivity contribution in [2.75, 3.05) is 11.1 Å². The highest BCUT2D eigenvalue weighted by molar-refractivity contribution is 9.10. The molecule has 0 aromatic carbocycles. The van der Waals surface area contributed by atoms with Gasteiger partial charge in [-0.1, -0.05) is 26.7 Å². The van der Waals surface area contributed by atoms with Crippen LogP contribution in [-0.2, 0) is 0 Å². The van der Waals surface area contributed by atoms with Gasteiger partial charge in [0, 0.05) is 12.1 Å². The lowest BCUT2D eigenvalue weighted by Crippen LogP contribution is -2.26. The van der Waals surface area contributed by atoms with Crippen molar-refractivity contribution < 1.29 is 0 Å². The summed E-state index contributed by atoms with van der Waals surface area (Å²) in [5.74, 6) is 1.69. The minimum absolute atomic E-state index is 0.351. The van der Waals surface area contributed by atoms with Gasteiger partial charge in [-0.15, -0.1) is 0 Å². The number of halogens is 1. The fraction of sp³-hybridized carbons (Fsp3) is 0.636. The topological polar surface area (TPSA) is 63.8 Å². The molecule has 0 bridgehead atoms. The van der Waals surface area contributed by atoms with Gasteiger partial charge in [-0.2, -0.15) is 4.98 Å². The van der Waals surface area contributed by atoms with E-state index in [4.69, 9.17) is 5.73 Å². The molecule has 16 heavy (non-hydrogen) atoms. The Morgan fingerprint density at radius 2 is 2.00 bits per heavy atom. The van der Waals surface area contributed by atoms with Crippen LogP contribution in [0.1, 0.15) is 33.6 Å². The minimum Gasteiger partial charge on any atom is -0.383 e. The van der Waals surface area contributed by atoms with Crippen LogP contribution >= 0.6 is 15.9 Å². The average Bonchev–Trinajstić information content (AvgIpc) is 2.17. The molecule has 0 aliphatic rings. The molecule has 1 aromatic heterocycles. The molecule has 1 unspecified atom stereocenters. The molecule has 90 valence electrons. The van der Waals surface area contributed by atoms with Gasteiger partial charge in [0.2, 0.25) is 5.95 Å². The van der Waals surface area contributed by atoms with Gasteiger partial charge in [0.1, 0.15) is 10.4 Å². The Labute approximate surface area is 105 Å². The van der Waals surface area contributed by atoms with E-state index in [1.807, 2.05) is 0 Å². The number of nitrogens with one attached hydrogen (secondary N) is 1. The molecule has 0 saturated heterocycles. The molecular formula is C11H19BrN4. The van der Waals surface area contributed by atoms with E-state index in [9.17, 15) is 0 Å². The van der Waals surface area contributed by atoms with Crippen LogP contribution in [0.3, 0.4) is 0 Å². The molecule has 3 N–H and O–H groups in total. The highest BCUT2D eigenvalue weighted by Crippen LogP contribution is 2.18. The molecule has 1 atom stereocenters. The molecule has 1 heterocycles. The molecule has 0 radical (unpaired) electrons. The van der Waals surface area contributed by atoms with Gasteiger partial charge in [0.05, 0.1) is 0 Å². The van der Waals surface area contributed by atoms with E-state index in [0.717, 1.165) is 12.8 Å². The normalized spacial score (nSPS) is 12.8. The van der Waals surface area contributed by atoms with Crippen LogP contribution in [-0.4, -0.2) is 16.0 Å². The van der Waals surface area contributed by atoms with E-state index < -0.39 is 0 Å². The monoisotopic (exact) mass is 286 g/mol. The number of rotatable bonds is 5. The molecule has 0 fully saturated rings. The maximum atomic E-state index is 5.66. The van der Waals surface area contributed by atoms with Crippen LogP contribution in [0.4, 0.5) is 11.8 Å². The molecule has 5 heteroatoms. The molecule has 0 amide bonds. The standard InChI is InChI=1S/C11H19BrN4/c1-4-8(5-2)7(3)14-11-15-9(12)6-10(13)16-11/h6-8H,4-5H2,1-3H3,(H3,13,14,15,16). The van der Waals surface area contributed by atoms with Crippen molar-refractivity contribution in [2.45, 2.75) is 39.7 Å². The van der Waals surface area contributed by atoms with Crippen LogP contribution in [0.5, 0.6) is 0 Å². The highest BCUT2D eigenvalue weighted by Gasteiger charge is 2.14. The van der Waals surface area contributed by atoms with Gasteiger partial charge >= 0.3 is 0 Å². The fourth-order valence-electron chi connectivity index (χ4n) is 1.82. The molecule has 0 spiro atoms. The first-order valence-corrected chi connectivity index (χ1v) is 6.42. The van der Waals surface area contributed by atoms with Crippen LogP contribution in [0.25, 0.3) is 0 Å². The fourth-order valence-corrected chi connectivity index (χ4v) is 2.22. The predicted molar refractivity (Wildman–Crippen MR) is 71.3 cm³/mol. The van der Waals surface area contributed by atoms with Gasteiger partial charge in [-0.05, 0) is 28.8 Å². The summed E-state index contributed by atoms with van der Waals surface area (Å²) in [6.45, 7) is 6.54. The Balaban J connectivity index is 2.72. The number of nitrogens with zero attached hydrogens (tertiary/aromatic N) is 2. The zero-order valence-electron chi connectivity index (χ0n) is 10.00. The number of hydrogen-bond acceptors (Lipinski definition) is 4. The quantitative estimate of drug-likeness (QED) is 0.817. The van der Waals surface area contributed by atoms with Crippen LogP contribution < -0.4 is 11.1 Å². The number of aromatic nitrogens is 2. The van der Waals surface area contributed by atoms with E-state index in [0.29, 0.717) is 28.3 Å². The van der Waals surface area contributed by atoms with Crippen LogP contribution in [0, 0.1) is 5.92 Å². The Morgan fingerprint density at radius 3 is 2.50 bits per heavy atom. The van der Waals surface area contributed by atoms with Crippen molar-refractivity contribution >= 4 is 27.7 Å². The summed E-state index contributed by atoms with van der Waals surface area (Å²) in [7, 11) is 0. The molecule has 0 aliphatic carbocycles. The van der Waals surface area contributed by atoms with Gasteiger partial charge in [-0.25, -0.2) is 4.98 Å². The van der Waals surface area contributed by atoms with E-state index in [2.05, 4.69) is 52.0 Å². The Morgan fingerprint density at radius 1 is 1.38 bits per heavy atom. The van der Waals surface area contributed by atoms with Gasteiger partial charge < -0.3 is 11.1 Å². The summed E-state index contributed by atoms with van der Waals surface area (Å²) in [5, 5.41) is 3.29. The zero-order valence-corrected chi connectivity index (χ0v) is 11.6. The second-order valence-corrected chi connectivity index (χ2v) is 4.76. The Bertz CT molecular complexity index is 319. The Kier molecular flexibility index (Phi) is 4.99. The zero-order chi connectivity index (χ0) is 12.1. The van der Waals surface area contributed by atoms with Gasteiger partial charge in [0.15, 0.2) is 0 Å². The second kappa shape index (κ2) is 6.03. The van der Waals surface area contributed by atoms with Crippen molar-refractivity contribution in [2.24, 2.45) is 5.92 Å². The first kappa shape index (κ1) is 13.2. The van der Waals surface area contributed by atoms with Crippen molar-refractivity contribution in [3.63, 3.8) is 0 Å². The molecule has 4 nitrogen and oxygen atoms in total. The molecule has 0 saturated carbocycles. The maximum Gasteiger partial charge on any atom is 0.225 e. The molecular weight excluding hydrogens is 268 g/mol. The summed E-state index contributed by atoms with van der Waals surface area (Å²) in [6, 6.07) is 2.04. The summed E-state index contributed by atoms with van der Waals surface area (Å²) >= 11 is 3.30. The number of nitrogen functional groups attached to an aromatic ring is 1. The number of nitrogens with two attached hydrogens (primary N) is 1. The van der Waals surface area contributed by atoms with Crippen molar-refractivity contribution in [3.05, 3.63) is 10.7 Å². The first-order chi connectivity index (χ1) is 7.56. The second-order valence-electron chi connectivity index (χ2n) is 3.95. The largest absolute Gasteiger partial charge is 0.383 e. The summed E-state index contributed by atoms with van der Waals surface area (Å²) in [5.41, 5.74) is 5.66.